The van der Waals surface area contributed by atoms with E-state index in [0.717, 1.165) is 44.3 Å². The van der Waals surface area contributed by atoms with E-state index < -0.39 is 9.84 Å². The molecule has 1 atom stereocenters. The van der Waals surface area contributed by atoms with Crippen molar-refractivity contribution in [3.8, 4) is 0 Å². The number of hydrogen-bond acceptors (Lipinski definition) is 5. The lowest BCUT2D eigenvalue weighted by molar-refractivity contribution is -0.122. The predicted molar refractivity (Wildman–Crippen MR) is 120 cm³/mol. The van der Waals surface area contributed by atoms with Crippen LogP contribution in [0, 0.1) is 0 Å². The number of nitrogens with zero attached hydrogens (tertiary/aromatic N) is 1. The Morgan fingerprint density at radius 1 is 1.20 bits per heavy atom. The number of hydrogen-bond donors (Lipinski definition) is 1. The molecule has 2 aliphatic rings. The van der Waals surface area contributed by atoms with Crippen molar-refractivity contribution in [2.24, 2.45) is 0 Å². The second-order valence-corrected chi connectivity index (χ2v) is 11.4. The fourth-order valence-corrected chi connectivity index (χ4v) is 6.36. The second-order valence-electron chi connectivity index (χ2n) is 8.16. The van der Waals surface area contributed by atoms with Gasteiger partial charge in [-0.3, -0.25) is 9.69 Å². The second kappa shape index (κ2) is 11.1. The van der Waals surface area contributed by atoms with Crippen LogP contribution in [0.3, 0.4) is 0 Å². The molecule has 1 aliphatic carbocycles. The number of ether oxygens (including phenoxy) is 1. The molecule has 1 aliphatic heterocycles. The minimum Gasteiger partial charge on any atom is -0.374 e. The molecule has 1 amide bonds. The van der Waals surface area contributed by atoms with Crippen LogP contribution >= 0.6 is 23.2 Å². The van der Waals surface area contributed by atoms with Gasteiger partial charge in [-0.25, -0.2) is 8.42 Å². The first-order chi connectivity index (χ1) is 14.3. The molecule has 30 heavy (non-hydrogen) atoms. The number of carbonyl (C=O) groups excluding carboxylic acids is 1. The minimum absolute atomic E-state index is 0.0901. The SMILES string of the molecule is O=C(CCCS(=O)(=O)C1CCCC1)NCC1CN(Cc2ccc(Cl)c(Cl)c2)CCO1. The number of benzene rings is 1. The summed E-state index contributed by atoms with van der Waals surface area (Å²) in [5.74, 6) is -0.0237. The molecule has 1 saturated heterocycles. The van der Waals surface area contributed by atoms with E-state index >= 15 is 0 Å². The Hall–Kier alpha value is -0.860. The molecular weight excluding hydrogens is 447 g/mol. The van der Waals surface area contributed by atoms with Gasteiger partial charge in [-0.05, 0) is 37.0 Å². The van der Waals surface area contributed by atoms with Crippen LogP contribution in [0.5, 0.6) is 0 Å². The summed E-state index contributed by atoms with van der Waals surface area (Å²) >= 11 is 12.1. The predicted octanol–water partition coefficient (Wildman–Crippen LogP) is 3.45. The van der Waals surface area contributed by atoms with Gasteiger partial charge in [0.2, 0.25) is 5.91 Å². The molecule has 0 bridgehead atoms. The van der Waals surface area contributed by atoms with E-state index in [-0.39, 0.29) is 29.4 Å². The number of sulfone groups is 1. The molecule has 6 nitrogen and oxygen atoms in total. The average molecular weight is 477 g/mol. The first kappa shape index (κ1) is 23.8. The highest BCUT2D eigenvalue weighted by molar-refractivity contribution is 7.92. The number of halogens is 2. The van der Waals surface area contributed by atoms with Gasteiger partial charge in [-0.2, -0.15) is 0 Å². The van der Waals surface area contributed by atoms with Crippen molar-refractivity contribution >= 4 is 38.9 Å². The van der Waals surface area contributed by atoms with Gasteiger partial charge in [-0.1, -0.05) is 42.1 Å². The van der Waals surface area contributed by atoms with E-state index in [4.69, 9.17) is 27.9 Å². The zero-order valence-electron chi connectivity index (χ0n) is 17.1. The molecule has 1 saturated carbocycles. The van der Waals surface area contributed by atoms with Crippen molar-refractivity contribution in [3.05, 3.63) is 33.8 Å². The first-order valence-electron chi connectivity index (χ1n) is 10.6. The van der Waals surface area contributed by atoms with Crippen molar-refractivity contribution in [1.29, 1.82) is 0 Å². The molecule has 0 radical (unpaired) electrons. The first-order valence-corrected chi connectivity index (χ1v) is 13.1. The van der Waals surface area contributed by atoms with Crippen molar-refractivity contribution in [1.82, 2.24) is 10.2 Å². The van der Waals surface area contributed by atoms with E-state index in [2.05, 4.69) is 10.2 Å². The number of carbonyl (C=O) groups is 1. The number of nitrogens with one attached hydrogen (secondary N) is 1. The van der Waals surface area contributed by atoms with Gasteiger partial charge in [0, 0.05) is 32.6 Å². The minimum atomic E-state index is -3.06. The van der Waals surface area contributed by atoms with Crippen molar-refractivity contribution < 1.29 is 17.9 Å². The summed E-state index contributed by atoms with van der Waals surface area (Å²) in [6.45, 7) is 3.28. The Balaban J connectivity index is 1.36. The smallest absolute Gasteiger partial charge is 0.220 e. The molecule has 1 aromatic carbocycles. The lowest BCUT2D eigenvalue weighted by Crippen LogP contribution is -2.47. The fraction of sp³-hybridized carbons (Fsp3) is 0.667. The molecule has 1 heterocycles. The van der Waals surface area contributed by atoms with E-state index in [1.165, 1.54) is 0 Å². The van der Waals surface area contributed by atoms with E-state index in [0.29, 0.717) is 36.2 Å². The van der Waals surface area contributed by atoms with Crippen LogP contribution in [0.2, 0.25) is 10.0 Å². The molecule has 2 fully saturated rings. The number of rotatable bonds is 9. The van der Waals surface area contributed by atoms with Gasteiger partial charge in [0.05, 0.1) is 33.8 Å². The summed E-state index contributed by atoms with van der Waals surface area (Å²) in [4.78, 5) is 14.4. The number of amides is 1. The zero-order chi connectivity index (χ0) is 21.6. The Bertz CT molecular complexity index is 828. The van der Waals surface area contributed by atoms with Gasteiger partial charge < -0.3 is 10.1 Å². The molecule has 0 aromatic heterocycles. The highest BCUT2D eigenvalue weighted by Crippen LogP contribution is 2.26. The Morgan fingerprint density at radius 2 is 1.97 bits per heavy atom. The molecule has 0 spiro atoms. The summed E-state index contributed by atoms with van der Waals surface area (Å²) in [7, 11) is -3.06. The standard InChI is InChI=1S/C21H30Cl2N2O4S/c22-19-8-7-16(12-20(19)23)14-25-9-10-29-17(15-25)13-24-21(26)6-3-11-30(27,28)18-4-1-2-5-18/h7-8,12,17-18H,1-6,9-11,13-15H2,(H,24,26). The normalized spacial score (nSPS) is 21.1. The summed E-state index contributed by atoms with van der Waals surface area (Å²) in [5.41, 5.74) is 1.08. The van der Waals surface area contributed by atoms with Crippen LogP contribution in [-0.4, -0.2) is 62.6 Å². The van der Waals surface area contributed by atoms with E-state index in [1.54, 1.807) is 6.07 Å². The van der Waals surface area contributed by atoms with Crippen LogP contribution in [0.15, 0.2) is 18.2 Å². The summed E-state index contributed by atoms with van der Waals surface area (Å²) < 4.78 is 30.3. The zero-order valence-corrected chi connectivity index (χ0v) is 19.4. The van der Waals surface area contributed by atoms with Gasteiger partial charge in [0.25, 0.3) is 0 Å². The van der Waals surface area contributed by atoms with Crippen LogP contribution < -0.4 is 5.32 Å². The Morgan fingerprint density at radius 3 is 2.70 bits per heavy atom. The monoisotopic (exact) mass is 476 g/mol. The van der Waals surface area contributed by atoms with Gasteiger partial charge in [-0.15, -0.1) is 0 Å². The third-order valence-corrected chi connectivity index (χ3v) is 8.87. The molecular formula is C21H30Cl2N2O4S. The topological polar surface area (TPSA) is 75.7 Å². The lowest BCUT2D eigenvalue weighted by Gasteiger charge is -2.33. The highest BCUT2D eigenvalue weighted by atomic mass is 35.5. The summed E-state index contributed by atoms with van der Waals surface area (Å²) in [5, 5.41) is 3.77. The van der Waals surface area contributed by atoms with Crippen LogP contribution in [0.25, 0.3) is 0 Å². The van der Waals surface area contributed by atoms with E-state index in [1.807, 2.05) is 12.1 Å². The third kappa shape index (κ3) is 7.09. The van der Waals surface area contributed by atoms with Crippen LogP contribution in [-0.2, 0) is 25.9 Å². The third-order valence-electron chi connectivity index (χ3n) is 5.78. The lowest BCUT2D eigenvalue weighted by atomic mass is 10.2. The molecule has 1 aromatic rings. The van der Waals surface area contributed by atoms with Crippen molar-refractivity contribution in [3.63, 3.8) is 0 Å². The van der Waals surface area contributed by atoms with Gasteiger partial charge >= 0.3 is 0 Å². The maximum atomic E-state index is 12.3. The van der Waals surface area contributed by atoms with Crippen molar-refractivity contribution in [2.75, 3.05) is 32.0 Å². The maximum Gasteiger partial charge on any atom is 0.220 e. The molecule has 1 unspecified atom stereocenters. The average Bonchev–Trinajstić information content (AvgIpc) is 3.25. The Kier molecular flexibility index (Phi) is 8.83. The maximum absolute atomic E-state index is 12.3. The summed E-state index contributed by atoms with van der Waals surface area (Å²) in [6.07, 6.45) is 4.04. The molecule has 168 valence electrons. The molecule has 3 rings (SSSR count). The largest absolute Gasteiger partial charge is 0.374 e. The summed E-state index contributed by atoms with van der Waals surface area (Å²) in [6, 6.07) is 5.63. The highest BCUT2D eigenvalue weighted by Gasteiger charge is 2.28. The van der Waals surface area contributed by atoms with Crippen LogP contribution in [0.4, 0.5) is 0 Å². The quantitative estimate of drug-likeness (QED) is 0.590. The van der Waals surface area contributed by atoms with Crippen molar-refractivity contribution in [2.45, 2.75) is 56.4 Å². The fourth-order valence-electron chi connectivity index (χ4n) is 4.11. The molecule has 9 heteroatoms. The van der Waals surface area contributed by atoms with E-state index in [9.17, 15) is 13.2 Å². The molecule has 1 N–H and O–H groups in total. The number of morpholine rings is 1. The van der Waals surface area contributed by atoms with Crippen LogP contribution in [0.1, 0.15) is 44.1 Å². The van der Waals surface area contributed by atoms with Gasteiger partial charge in [0.1, 0.15) is 0 Å². The van der Waals surface area contributed by atoms with Gasteiger partial charge in [0.15, 0.2) is 9.84 Å². The Labute approximate surface area is 189 Å².